The van der Waals surface area contributed by atoms with Gasteiger partial charge in [-0.1, -0.05) is 20.8 Å². The first-order valence-corrected chi connectivity index (χ1v) is 10.6. The number of nitrogens with two attached hydrogens (primary N) is 1. The Bertz CT molecular complexity index is 928. The van der Waals surface area contributed by atoms with E-state index >= 15 is 0 Å². The predicted octanol–water partition coefficient (Wildman–Crippen LogP) is 5.13. The summed E-state index contributed by atoms with van der Waals surface area (Å²) < 4.78 is 1.21. The molecule has 0 aliphatic carbocycles. The number of thiophene rings is 1. The van der Waals surface area contributed by atoms with E-state index in [4.69, 9.17) is 5.73 Å². The molecule has 132 valence electrons. The SMILES string of the molecule is CSc1nc(C(C)c2cc3c(C(C)(C)C)csc3cn2)nc(N)c1S. The van der Waals surface area contributed by atoms with E-state index in [0.717, 1.165) is 10.7 Å². The first kappa shape index (κ1) is 18.5. The molecule has 1 unspecified atom stereocenters. The molecular weight excluding hydrogens is 368 g/mol. The molecule has 3 aromatic heterocycles. The van der Waals surface area contributed by atoms with Gasteiger partial charge in [0.05, 0.1) is 21.2 Å². The summed E-state index contributed by atoms with van der Waals surface area (Å²) in [6, 6.07) is 2.17. The third-order valence-electron chi connectivity index (χ3n) is 4.21. The molecule has 3 aromatic rings. The molecule has 7 heteroatoms. The summed E-state index contributed by atoms with van der Waals surface area (Å²) in [7, 11) is 0. The molecule has 0 aliphatic rings. The summed E-state index contributed by atoms with van der Waals surface area (Å²) in [6.45, 7) is 8.77. The van der Waals surface area contributed by atoms with Gasteiger partial charge >= 0.3 is 0 Å². The maximum Gasteiger partial charge on any atom is 0.141 e. The average Bonchev–Trinajstić information content (AvgIpc) is 2.99. The lowest BCUT2D eigenvalue weighted by molar-refractivity contribution is 0.597. The Hall–Kier alpha value is -1.31. The minimum absolute atomic E-state index is 0.0424. The summed E-state index contributed by atoms with van der Waals surface area (Å²) in [4.78, 5) is 14.3. The molecule has 0 amide bonds. The van der Waals surface area contributed by atoms with E-state index in [9.17, 15) is 0 Å². The highest BCUT2D eigenvalue weighted by Gasteiger charge is 2.21. The third kappa shape index (κ3) is 3.50. The number of anilines is 1. The number of pyridine rings is 1. The molecule has 1 atom stereocenters. The smallest absolute Gasteiger partial charge is 0.141 e. The molecule has 0 bridgehead atoms. The van der Waals surface area contributed by atoms with E-state index in [2.05, 4.69) is 66.7 Å². The van der Waals surface area contributed by atoms with Crippen molar-refractivity contribution in [3.05, 3.63) is 34.7 Å². The van der Waals surface area contributed by atoms with Crippen LogP contribution in [0.25, 0.3) is 10.1 Å². The van der Waals surface area contributed by atoms with Gasteiger partial charge in [-0.15, -0.1) is 35.7 Å². The van der Waals surface area contributed by atoms with Gasteiger partial charge in [0, 0.05) is 6.20 Å². The minimum Gasteiger partial charge on any atom is -0.383 e. The molecule has 25 heavy (non-hydrogen) atoms. The van der Waals surface area contributed by atoms with Gasteiger partial charge in [0.1, 0.15) is 16.7 Å². The first-order chi connectivity index (χ1) is 11.7. The number of rotatable bonds is 3. The quantitative estimate of drug-likeness (QED) is 0.369. The van der Waals surface area contributed by atoms with Crippen molar-refractivity contribution >= 4 is 51.6 Å². The first-order valence-electron chi connectivity index (χ1n) is 8.00. The van der Waals surface area contributed by atoms with Crippen molar-refractivity contribution in [3.8, 4) is 0 Å². The molecule has 4 nitrogen and oxygen atoms in total. The second kappa shape index (κ2) is 6.78. The van der Waals surface area contributed by atoms with E-state index in [-0.39, 0.29) is 11.3 Å². The topological polar surface area (TPSA) is 64.7 Å². The number of thioether (sulfide) groups is 1. The molecule has 2 N–H and O–H groups in total. The van der Waals surface area contributed by atoms with Crippen LogP contribution in [0.1, 0.15) is 50.7 Å². The molecular formula is C18H22N4S3. The van der Waals surface area contributed by atoms with Crippen molar-refractivity contribution in [1.29, 1.82) is 0 Å². The zero-order valence-corrected chi connectivity index (χ0v) is 17.5. The number of thiol groups is 1. The Kier molecular flexibility index (Phi) is 5.01. The standard InChI is InChI=1S/C18H22N4S3/c1-9(16-21-15(19)14(23)17(22-16)24-5)12-6-10-11(18(2,3)4)8-25-13(10)7-20-12/h6-9,23H,1-5H3,(H2,19,21,22). The van der Waals surface area contributed by atoms with Crippen molar-refractivity contribution in [2.24, 2.45) is 0 Å². The summed E-state index contributed by atoms with van der Waals surface area (Å²) in [5.74, 6) is 1.05. The van der Waals surface area contributed by atoms with Crippen molar-refractivity contribution in [1.82, 2.24) is 15.0 Å². The van der Waals surface area contributed by atoms with Crippen LogP contribution in [0, 0.1) is 0 Å². The van der Waals surface area contributed by atoms with E-state index < -0.39 is 0 Å². The number of hydrogen-bond donors (Lipinski definition) is 2. The van der Waals surface area contributed by atoms with Crippen LogP contribution in [-0.2, 0) is 5.41 Å². The van der Waals surface area contributed by atoms with Crippen LogP contribution in [0.3, 0.4) is 0 Å². The highest BCUT2D eigenvalue weighted by atomic mass is 32.2. The zero-order chi connectivity index (χ0) is 18.4. The maximum absolute atomic E-state index is 6.01. The highest BCUT2D eigenvalue weighted by molar-refractivity contribution is 7.99. The van der Waals surface area contributed by atoms with E-state index in [0.29, 0.717) is 16.5 Å². The lowest BCUT2D eigenvalue weighted by Crippen LogP contribution is -2.11. The fourth-order valence-corrected chi connectivity index (χ4v) is 4.69. The average molecular weight is 391 g/mol. The van der Waals surface area contributed by atoms with E-state index in [1.807, 2.05) is 12.5 Å². The van der Waals surface area contributed by atoms with Crippen LogP contribution in [0.4, 0.5) is 5.82 Å². The van der Waals surface area contributed by atoms with Crippen molar-refractivity contribution in [2.45, 2.75) is 48.9 Å². The van der Waals surface area contributed by atoms with Crippen LogP contribution >= 0.6 is 35.7 Å². The summed E-state index contributed by atoms with van der Waals surface area (Å²) in [5, 5.41) is 4.29. The molecule has 0 radical (unpaired) electrons. The van der Waals surface area contributed by atoms with Crippen molar-refractivity contribution in [2.75, 3.05) is 12.0 Å². The van der Waals surface area contributed by atoms with Crippen LogP contribution in [0.2, 0.25) is 0 Å². The van der Waals surface area contributed by atoms with E-state index in [1.54, 1.807) is 11.3 Å². The monoisotopic (exact) mass is 390 g/mol. The summed E-state index contributed by atoms with van der Waals surface area (Å²) >= 11 is 7.65. The van der Waals surface area contributed by atoms with E-state index in [1.165, 1.54) is 27.4 Å². The summed E-state index contributed by atoms with van der Waals surface area (Å²) in [6.07, 6.45) is 3.91. The van der Waals surface area contributed by atoms with Gasteiger partial charge in [-0.3, -0.25) is 4.98 Å². The van der Waals surface area contributed by atoms with Crippen LogP contribution in [-0.4, -0.2) is 21.2 Å². The van der Waals surface area contributed by atoms with Gasteiger partial charge < -0.3 is 5.73 Å². The van der Waals surface area contributed by atoms with Gasteiger partial charge in [0.25, 0.3) is 0 Å². The Labute approximate surface area is 162 Å². The number of nitrogens with zero attached hydrogens (tertiary/aromatic N) is 3. The van der Waals surface area contributed by atoms with Gasteiger partial charge in [-0.2, -0.15) is 0 Å². The normalized spacial score (nSPS) is 13.4. The fourth-order valence-electron chi connectivity index (χ4n) is 2.70. The number of fused-ring (bicyclic) bond motifs is 1. The number of aromatic nitrogens is 3. The molecule has 0 aliphatic heterocycles. The van der Waals surface area contributed by atoms with Crippen molar-refractivity contribution < 1.29 is 0 Å². The Morgan fingerprint density at radius 1 is 1.28 bits per heavy atom. The van der Waals surface area contributed by atoms with Gasteiger partial charge in [-0.25, -0.2) is 9.97 Å². The molecule has 0 saturated carbocycles. The van der Waals surface area contributed by atoms with Crippen LogP contribution in [0.5, 0.6) is 0 Å². The molecule has 3 heterocycles. The largest absolute Gasteiger partial charge is 0.383 e. The molecule has 0 fully saturated rings. The minimum atomic E-state index is -0.0424. The second-order valence-electron chi connectivity index (χ2n) is 7.05. The second-order valence-corrected chi connectivity index (χ2v) is 9.20. The molecule has 0 spiro atoms. The Morgan fingerprint density at radius 3 is 2.64 bits per heavy atom. The third-order valence-corrected chi connectivity index (χ3v) is 6.42. The Balaban J connectivity index is 2.08. The highest BCUT2D eigenvalue weighted by Crippen LogP contribution is 2.36. The lowest BCUT2D eigenvalue weighted by Gasteiger charge is -2.18. The fraction of sp³-hybridized carbons (Fsp3) is 0.389. The van der Waals surface area contributed by atoms with Crippen LogP contribution < -0.4 is 5.73 Å². The molecule has 3 rings (SSSR count). The van der Waals surface area contributed by atoms with Crippen molar-refractivity contribution in [3.63, 3.8) is 0 Å². The van der Waals surface area contributed by atoms with Crippen LogP contribution in [0.15, 0.2) is 27.6 Å². The van der Waals surface area contributed by atoms with Gasteiger partial charge in [-0.05, 0) is 41.0 Å². The molecule has 0 aromatic carbocycles. The number of hydrogen-bond acceptors (Lipinski definition) is 7. The van der Waals surface area contributed by atoms with Gasteiger partial charge in [0.2, 0.25) is 0 Å². The summed E-state index contributed by atoms with van der Waals surface area (Å²) in [5.41, 5.74) is 8.41. The van der Waals surface area contributed by atoms with Gasteiger partial charge in [0.15, 0.2) is 0 Å². The number of nitrogen functional groups attached to an aromatic ring is 1. The maximum atomic E-state index is 6.01. The molecule has 0 saturated heterocycles. The lowest BCUT2D eigenvalue weighted by atomic mass is 9.86. The zero-order valence-electron chi connectivity index (χ0n) is 15.0. The predicted molar refractivity (Wildman–Crippen MR) is 111 cm³/mol. The Morgan fingerprint density at radius 2 is 2.00 bits per heavy atom.